The van der Waals surface area contributed by atoms with E-state index in [0.29, 0.717) is 16.6 Å². The number of carbonyl (C=O) groups is 2. The monoisotopic (exact) mass is 458 g/mol. The molecule has 0 spiro atoms. The van der Waals surface area contributed by atoms with Crippen LogP contribution in [0.2, 0.25) is 0 Å². The van der Waals surface area contributed by atoms with Crippen LogP contribution in [0.5, 0.6) is 5.75 Å². The molecule has 1 aliphatic rings. The molecule has 1 amide bonds. The summed E-state index contributed by atoms with van der Waals surface area (Å²) < 4.78 is 19.3. The highest BCUT2D eigenvalue weighted by molar-refractivity contribution is 6.51. The molecule has 0 saturated carbocycles. The van der Waals surface area contributed by atoms with Crippen molar-refractivity contribution in [2.45, 2.75) is 13.0 Å². The maximum absolute atomic E-state index is 14.0. The molecule has 3 heterocycles. The topological polar surface area (TPSA) is 108 Å². The van der Waals surface area contributed by atoms with Crippen LogP contribution in [0.3, 0.4) is 0 Å². The highest BCUT2D eigenvalue weighted by atomic mass is 19.1. The molecule has 8 nitrogen and oxygen atoms in total. The number of pyridine rings is 1. The smallest absolute Gasteiger partial charge is 0.302 e. The van der Waals surface area contributed by atoms with Crippen LogP contribution in [0.25, 0.3) is 16.8 Å². The van der Waals surface area contributed by atoms with Gasteiger partial charge in [0.05, 0.1) is 35.3 Å². The summed E-state index contributed by atoms with van der Waals surface area (Å²) in [5, 5.41) is 11.2. The maximum Gasteiger partial charge on any atom is 0.302 e. The van der Waals surface area contributed by atoms with Crippen LogP contribution in [0, 0.1) is 12.7 Å². The van der Waals surface area contributed by atoms with Crippen molar-refractivity contribution in [3.8, 4) is 5.75 Å². The number of H-pyrrole nitrogens is 1. The Morgan fingerprint density at radius 2 is 2.00 bits per heavy atom. The Labute approximate surface area is 193 Å². The number of amides is 1. The van der Waals surface area contributed by atoms with E-state index in [9.17, 15) is 19.1 Å². The minimum Gasteiger partial charge on any atom is -0.507 e. The van der Waals surface area contributed by atoms with Crippen LogP contribution in [0.15, 0.2) is 66.5 Å². The molecule has 0 aliphatic carbocycles. The predicted molar refractivity (Wildman–Crippen MR) is 123 cm³/mol. The average Bonchev–Trinajstić information content (AvgIpc) is 3.37. The lowest BCUT2D eigenvalue weighted by atomic mass is 9.96. The number of methoxy groups -OCH3 is 1. The van der Waals surface area contributed by atoms with E-state index >= 15 is 0 Å². The van der Waals surface area contributed by atoms with Gasteiger partial charge in [-0.15, -0.1) is 0 Å². The number of fused-ring (bicyclic) bond motifs is 1. The molecule has 1 atom stereocenters. The van der Waals surface area contributed by atoms with E-state index in [1.54, 1.807) is 24.4 Å². The fourth-order valence-corrected chi connectivity index (χ4v) is 4.14. The summed E-state index contributed by atoms with van der Waals surface area (Å²) in [6.45, 7) is 1.92. The minimum atomic E-state index is -1.05. The average molecular weight is 458 g/mol. The molecule has 2 aromatic carbocycles. The van der Waals surface area contributed by atoms with Crippen LogP contribution in [-0.4, -0.2) is 38.9 Å². The van der Waals surface area contributed by atoms with Crippen molar-refractivity contribution >= 4 is 34.4 Å². The first-order valence-corrected chi connectivity index (χ1v) is 10.4. The van der Waals surface area contributed by atoms with Crippen molar-refractivity contribution in [2.75, 3.05) is 12.0 Å². The fraction of sp³-hybridized carbons (Fsp3) is 0.120. The van der Waals surface area contributed by atoms with Gasteiger partial charge >= 0.3 is 5.91 Å². The second-order valence-corrected chi connectivity index (χ2v) is 7.88. The second-order valence-electron chi connectivity index (χ2n) is 7.88. The third-order valence-corrected chi connectivity index (χ3v) is 5.71. The number of aryl methyl sites for hydroxylation is 1. The number of rotatable bonds is 4. The third-order valence-electron chi connectivity index (χ3n) is 5.71. The number of hydrogen-bond acceptors (Lipinski definition) is 6. The van der Waals surface area contributed by atoms with Gasteiger partial charge in [-0.1, -0.05) is 12.1 Å². The summed E-state index contributed by atoms with van der Waals surface area (Å²) >= 11 is 0. The van der Waals surface area contributed by atoms with E-state index in [0.717, 1.165) is 11.6 Å². The molecule has 5 rings (SSSR count). The standard InChI is InChI=1S/C25H19FN4O4/c1-13-5-7-17-18(10-13)29-25(28-17)30-21(14-4-3-9-27-12-14)20(23(32)24(30)33)22(31)16-11-15(26)6-8-19(16)34-2/h3-12,21,31H,1-2H3,(H,28,29)/b22-20+. The normalized spacial score (nSPS) is 17.5. The molecule has 1 fully saturated rings. The van der Waals surface area contributed by atoms with Gasteiger partial charge in [0.2, 0.25) is 5.95 Å². The van der Waals surface area contributed by atoms with Gasteiger partial charge < -0.3 is 14.8 Å². The van der Waals surface area contributed by atoms with Crippen molar-refractivity contribution in [3.05, 3.63) is 89.0 Å². The van der Waals surface area contributed by atoms with E-state index < -0.39 is 29.3 Å². The molecule has 2 N–H and O–H groups in total. The molecule has 1 saturated heterocycles. The number of aromatic nitrogens is 3. The Balaban J connectivity index is 1.75. The van der Waals surface area contributed by atoms with Crippen LogP contribution >= 0.6 is 0 Å². The van der Waals surface area contributed by atoms with E-state index in [4.69, 9.17) is 4.74 Å². The van der Waals surface area contributed by atoms with Crippen LogP contribution in [0.1, 0.15) is 22.7 Å². The number of nitrogens with one attached hydrogen (secondary N) is 1. The zero-order valence-corrected chi connectivity index (χ0v) is 18.2. The van der Waals surface area contributed by atoms with Gasteiger partial charge in [0.1, 0.15) is 17.3 Å². The molecule has 9 heteroatoms. The number of carbonyl (C=O) groups excluding carboxylic acids is 2. The number of imidazole rings is 1. The number of Topliss-reactive ketones (excluding diaryl/α,β-unsaturated/α-hetero) is 1. The molecule has 4 aromatic rings. The first-order valence-electron chi connectivity index (χ1n) is 10.4. The first-order chi connectivity index (χ1) is 16.4. The Bertz CT molecular complexity index is 1480. The molecular weight excluding hydrogens is 439 g/mol. The van der Waals surface area contributed by atoms with E-state index in [1.165, 1.54) is 30.3 Å². The number of benzene rings is 2. The molecule has 34 heavy (non-hydrogen) atoms. The molecule has 1 unspecified atom stereocenters. The summed E-state index contributed by atoms with van der Waals surface area (Å²) in [5.74, 6) is -2.73. The lowest BCUT2D eigenvalue weighted by Gasteiger charge is -2.22. The highest BCUT2D eigenvalue weighted by Gasteiger charge is 2.48. The Morgan fingerprint density at radius 3 is 2.74 bits per heavy atom. The van der Waals surface area contributed by atoms with Crippen molar-refractivity contribution in [3.63, 3.8) is 0 Å². The van der Waals surface area contributed by atoms with Crippen molar-refractivity contribution in [2.24, 2.45) is 0 Å². The van der Waals surface area contributed by atoms with E-state index in [2.05, 4.69) is 15.0 Å². The van der Waals surface area contributed by atoms with Gasteiger partial charge in [-0.25, -0.2) is 9.37 Å². The van der Waals surface area contributed by atoms with Gasteiger partial charge in [-0.05, 0) is 54.4 Å². The van der Waals surface area contributed by atoms with Crippen LogP contribution < -0.4 is 9.64 Å². The van der Waals surface area contributed by atoms with Gasteiger partial charge in [-0.3, -0.25) is 19.5 Å². The number of aliphatic hydroxyl groups is 1. The second kappa shape index (κ2) is 8.11. The zero-order chi connectivity index (χ0) is 24.0. The largest absolute Gasteiger partial charge is 0.507 e. The number of ketones is 1. The Kier molecular flexibility index (Phi) is 5.09. The highest BCUT2D eigenvalue weighted by Crippen LogP contribution is 2.42. The van der Waals surface area contributed by atoms with Crippen LogP contribution in [-0.2, 0) is 9.59 Å². The van der Waals surface area contributed by atoms with Crippen molar-refractivity contribution < 1.29 is 23.8 Å². The minimum absolute atomic E-state index is 0.0466. The molecule has 0 radical (unpaired) electrons. The number of anilines is 1. The lowest BCUT2D eigenvalue weighted by Crippen LogP contribution is -2.30. The van der Waals surface area contributed by atoms with E-state index in [1.807, 2.05) is 19.1 Å². The van der Waals surface area contributed by atoms with Crippen molar-refractivity contribution in [1.29, 1.82) is 0 Å². The molecular formula is C25H19FN4O4. The maximum atomic E-state index is 14.0. The SMILES string of the molecule is COc1ccc(F)cc1/C(O)=C1\C(=O)C(=O)N(c2nc3ccc(C)cc3[nH]2)C1c1cccnc1. The Hall–Kier alpha value is -4.53. The van der Waals surface area contributed by atoms with E-state index in [-0.39, 0.29) is 22.8 Å². The number of aliphatic hydroxyl groups excluding tert-OH is 1. The third kappa shape index (κ3) is 3.38. The van der Waals surface area contributed by atoms with Gasteiger partial charge in [-0.2, -0.15) is 0 Å². The lowest BCUT2D eigenvalue weighted by molar-refractivity contribution is -0.132. The summed E-state index contributed by atoms with van der Waals surface area (Å²) in [7, 11) is 1.36. The summed E-state index contributed by atoms with van der Waals surface area (Å²) in [6, 6.07) is 11.4. The number of ether oxygens (including phenoxy) is 1. The number of halogens is 1. The van der Waals surface area contributed by atoms with Crippen molar-refractivity contribution in [1.82, 2.24) is 15.0 Å². The fourth-order valence-electron chi connectivity index (χ4n) is 4.14. The first kappa shape index (κ1) is 21.3. The summed E-state index contributed by atoms with van der Waals surface area (Å²) in [6.07, 6.45) is 3.04. The van der Waals surface area contributed by atoms with Gasteiger partial charge in [0.15, 0.2) is 0 Å². The zero-order valence-electron chi connectivity index (χ0n) is 18.2. The Morgan fingerprint density at radius 1 is 1.18 bits per heavy atom. The van der Waals surface area contributed by atoms with Gasteiger partial charge in [0, 0.05) is 12.4 Å². The van der Waals surface area contributed by atoms with Gasteiger partial charge in [0.25, 0.3) is 5.78 Å². The molecule has 2 aromatic heterocycles. The summed E-state index contributed by atoms with van der Waals surface area (Å²) in [4.78, 5) is 39.4. The molecule has 170 valence electrons. The number of nitrogens with zero attached hydrogens (tertiary/aromatic N) is 3. The molecule has 0 bridgehead atoms. The predicted octanol–water partition coefficient (Wildman–Crippen LogP) is 4.04. The quantitative estimate of drug-likeness (QED) is 0.271. The van der Waals surface area contributed by atoms with Crippen LogP contribution in [0.4, 0.5) is 10.3 Å². The summed E-state index contributed by atoms with van der Waals surface area (Å²) in [5.41, 5.74) is 2.49. The molecule has 1 aliphatic heterocycles. The number of hydrogen-bond donors (Lipinski definition) is 2. The number of aromatic amines is 1.